The summed E-state index contributed by atoms with van der Waals surface area (Å²) in [6.07, 6.45) is 3.85. The lowest BCUT2D eigenvalue weighted by Crippen LogP contribution is -2.09. The number of hydrogen-bond acceptors (Lipinski definition) is 7. The quantitative estimate of drug-likeness (QED) is 0.490. The number of aliphatic hydroxyl groups excluding tert-OH is 1. The molecule has 0 aromatic carbocycles. The van der Waals surface area contributed by atoms with Gasteiger partial charge in [-0.05, 0) is 24.4 Å². The van der Waals surface area contributed by atoms with E-state index in [1.165, 1.54) is 7.11 Å². The van der Waals surface area contributed by atoms with E-state index in [4.69, 9.17) is 10.8 Å². The minimum absolute atomic E-state index is 0.203. The van der Waals surface area contributed by atoms with E-state index in [0.717, 1.165) is 43.8 Å². The standard InChI is InChI=1S/C11H19N3O3S/c1-17-11(16)8-9(12)14-18-10(8)13-6-4-2-3-5-7-15/h13,15H,2-7H2,1H3,(H2,12,14). The van der Waals surface area contributed by atoms with Gasteiger partial charge in [0.25, 0.3) is 0 Å². The van der Waals surface area contributed by atoms with Gasteiger partial charge in [0.2, 0.25) is 0 Å². The number of aliphatic hydroxyl groups is 1. The fourth-order valence-corrected chi connectivity index (χ4v) is 2.24. The molecular formula is C11H19N3O3S. The molecule has 0 fully saturated rings. The molecule has 1 aromatic heterocycles. The molecule has 0 unspecified atom stereocenters. The first-order chi connectivity index (χ1) is 8.70. The number of nitrogens with two attached hydrogens (primary N) is 1. The van der Waals surface area contributed by atoms with Gasteiger partial charge in [0.15, 0.2) is 5.82 Å². The minimum Gasteiger partial charge on any atom is -0.465 e. The highest BCUT2D eigenvalue weighted by molar-refractivity contribution is 7.11. The molecule has 1 rings (SSSR count). The molecule has 0 aliphatic carbocycles. The van der Waals surface area contributed by atoms with Crippen molar-refractivity contribution < 1.29 is 14.6 Å². The van der Waals surface area contributed by atoms with Crippen molar-refractivity contribution in [2.24, 2.45) is 0 Å². The number of nitrogens with zero attached hydrogens (tertiary/aromatic N) is 1. The van der Waals surface area contributed by atoms with Crippen LogP contribution in [0.5, 0.6) is 0 Å². The number of aromatic nitrogens is 1. The molecule has 0 spiro atoms. The number of methoxy groups -OCH3 is 1. The van der Waals surface area contributed by atoms with E-state index in [1.54, 1.807) is 0 Å². The van der Waals surface area contributed by atoms with E-state index in [0.29, 0.717) is 10.6 Å². The van der Waals surface area contributed by atoms with Crippen LogP contribution in [-0.2, 0) is 4.74 Å². The summed E-state index contributed by atoms with van der Waals surface area (Å²) < 4.78 is 8.59. The fraction of sp³-hybridized carbons (Fsp3) is 0.636. The van der Waals surface area contributed by atoms with Gasteiger partial charge in [-0.15, -0.1) is 0 Å². The van der Waals surface area contributed by atoms with E-state index < -0.39 is 5.97 Å². The highest BCUT2D eigenvalue weighted by Gasteiger charge is 2.19. The maximum atomic E-state index is 11.5. The third-order valence-electron chi connectivity index (χ3n) is 2.48. The lowest BCUT2D eigenvalue weighted by atomic mass is 10.2. The molecule has 4 N–H and O–H groups in total. The van der Waals surface area contributed by atoms with Crippen LogP contribution in [0.3, 0.4) is 0 Å². The summed E-state index contributed by atoms with van der Waals surface area (Å²) in [6, 6.07) is 0. The monoisotopic (exact) mass is 273 g/mol. The van der Waals surface area contributed by atoms with Gasteiger partial charge in [-0.3, -0.25) is 0 Å². The largest absolute Gasteiger partial charge is 0.465 e. The van der Waals surface area contributed by atoms with E-state index >= 15 is 0 Å². The topological polar surface area (TPSA) is 97.5 Å². The van der Waals surface area contributed by atoms with Crippen LogP contribution in [0.15, 0.2) is 0 Å². The van der Waals surface area contributed by atoms with Crippen molar-refractivity contribution in [3.05, 3.63) is 5.56 Å². The predicted octanol–water partition coefficient (Wildman–Crippen LogP) is 1.48. The van der Waals surface area contributed by atoms with Gasteiger partial charge in [0.1, 0.15) is 10.6 Å². The van der Waals surface area contributed by atoms with Crippen LogP contribution in [-0.4, -0.2) is 35.7 Å². The first-order valence-corrected chi connectivity index (χ1v) is 6.66. The van der Waals surface area contributed by atoms with Crippen LogP contribution in [0, 0.1) is 0 Å². The zero-order valence-electron chi connectivity index (χ0n) is 10.4. The smallest absolute Gasteiger partial charge is 0.344 e. The molecule has 0 saturated carbocycles. The van der Waals surface area contributed by atoms with Crippen LogP contribution in [0.25, 0.3) is 0 Å². The number of nitrogens with one attached hydrogen (secondary N) is 1. The fourth-order valence-electron chi connectivity index (χ4n) is 1.51. The lowest BCUT2D eigenvalue weighted by Gasteiger charge is -2.05. The van der Waals surface area contributed by atoms with Crippen LogP contribution in [0.4, 0.5) is 10.8 Å². The molecule has 0 aliphatic rings. The number of hydrogen-bond donors (Lipinski definition) is 3. The second kappa shape index (κ2) is 7.88. The number of anilines is 2. The van der Waals surface area contributed by atoms with Crippen LogP contribution in [0.1, 0.15) is 36.0 Å². The summed E-state index contributed by atoms with van der Waals surface area (Å²) in [5.41, 5.74) is 5.94. The average molecular weight is 273 g/mol. The van der Waals surface area contributed by atoms with Gasteiger partial charge in [-0.25, -0.2) is 4.79 Å². The first-order valence-electron chi connectivity index (χ1n) is 5.89. The molecule has 1 heterocycles. The molecule has 7 heteroatoms. The third kappa shape index (κ3) is 4.15. The Morgan fingerprint density at radius 3 is 2.83 bits per heavy atom. The number of rotatable bonds is 8. The average Bonchev–Trinajstić information content (AvgIpc) is 2.74. The summed E-state index contributed by atoms with van der Waals surface area (Å²) in [7, 11) is 1.32. The van der Waals surface area contributed by atoms with Crippen molar-refractivity contribution in [1.29, 1.82) is 0 Å². The Bertz CT molecular complexity index is 382. The van der Waals surface area contributed by atoms with Gasteiger partial charge in [-0.1, -0.05) is 12.8 Å². The predicted molar refractivity (Wildman–Crippen MR) is 71.9 cm³/mol. The SMILES string of the molecule is COC(=O)c1c(N)nsc1NCCCCCCO. The zero-order valence-corrected chi connectivity index (χ0v) is 11.3. The second-order valence-electron chi connectivity index (χ2n) is 3.83. The first kappa shape index (κ1) is 14.7. The Morgan fingerprint density at radius 1 is 1.44 bits per heavy atom. The Morgan fingerprint density at radius 2 is 2.17 bits per heavy atom. The van der Waals surface area contributed by atoms with Gasteiger partial charge in [0.05, 0.1) is 7.11 Å². The number of carbonyl (C=O) groups excluding carboxylic acids is 1. The highest BCUT2D eigenvalue weighted by atomic mass is 32.1. The van der Waals surface area contributed by atoms with E-state index in [-0.39, 0.29) is 12.4 Å². The normalized spacial score (nSPS) is 10.3. The van der Waals surface area contributed by atoms with Crippen LogP contribution in [0.2, 0.25) is 0 Å². The van der Waals surface area contributed by atoms with Gasteiger partial charge < -0.3 is 20.9 Å². The molecular weight excluding hydrogens is 254 g/mol. The number of esters is 1. The summed E-state index contributed by atoms with van der Waals surface area (Å²) in [4.78, 5) is 11.5. The highest BCUT2D eigenvalue weighted by Crippen LogP contribution is 2.27. The van der Waals surface area contributed by atoms with Crippen molar-refractivity contribution in [2.45, 2.75) is 25.7 Å². The molecule has 1 aromatic rings. The summed E-state index contributed by atoms with van der Waals surface area (Å²) in [5, 5.41) is 12.4. The van der Waals surface area contributed by atoms with Gasteiger partial charge >= 0.3 is 5.97 Å². The Kier molecular flexibility index (Phi) is 6.45. The maximum Gasteiger partial charge on any atom is 0.344 e. The Balaban J connectivity index is 2.40. The summed E-state index contributed by atoms with van der Waals surface area (Å²) >= 11 is 1.16. The number of unbranched alkanes of at least 4 members (excludes halogenated alkanes) is 3. The maximum absolute atomic E-state index is 11.5. The molecule has 0 bridgehead atoms. The van der Waals surface area contributed by atoms with E-state index in [2.05, 4.69) is 14.4 Å². The van der Waals surface area contributed by atoms with Crippen LogP contribution < -0.4 is 11.1 Å². The zero-order chi connectivity index (χ0) is 13.4. The van der Waals surface area contributed by atoms with Crippen molar-refractivity contribution >= 4 is 28.3 Å². The Hall–Kier alpha value is -1.34. The molecule has 18 heavy (non-hydrogen) atoms. The molecule has 0 aliphatic heterocycles. The number of ether oxygens (including phenoxy) is 1. The van der Waals surface area contributed by atoms with Gasteiger partial charge in [-0.2, -0.15) is 4.37 Å². The second-order valence-corrected chi connectivity index (χ2v) is 4.60. The summed E-state index contributed by atoms with van der Waals surface area (Å²) in [6.45, 7) is 0.988. The molecule has 0 atom stereocenters. The molecule has 0 amide bonds. The third-order valence-corrected chi connectivity index (χ3v) is 3.30. The minimum atomic E-state index is -0.468. The van der Waals surface area contributed by atoms with Gasteiger partial charge in [0, 0.05) is 13.2 Å². The van der Waals surface area contributed by atoms with E-state index in [9.17, 15) is 4.79 Å². The molecule has 0 radical (unpaired) electrons. The van der Waals surface area contributed by atoms with Crippen molar-refractivity contribution in [3.63, 3.8) is 0 Å². The van der Waals surface area contributed by atoms with Crippen molar-refractivity contribution in [3.8, 4) is 0 Å². The number of carbonyl (C=O) groups is 1. The number of nitrogen functional groups attached to an aromatic ring is 1. The molecule has 102 valence electrons. The molecule has 6 nitrogen and oxygen atoms in total. The lowest BCUT2D eigenvalue weighted by molar-refractivity contribution is 0.0603. The van der Waals surface area contributed by atoms with Crippen molar-refractivity contribution in [2.75, 3.05) is 31.3 Å². The van der Waals surface area contributed by atoms with E-state index in [1.807, 2.05) is 0 Å². The Labute approximate surface area is 110 Å². The van der Waals surface area contributed by atoms with Crippen LogP contribution >= 0.6 is 11.5 Å². The molecule has 0 saturated heterocycles. The summed E-state index contributed by atoms with van der Waals surface area (Å²) in [5.74, 6) is -0.265. The van der Waals surface area contributed by atoms with Crippen molar-refractivity contribution in [1.82, 2.24) is 4.37 Å².